The van der Waals surface area contributed by atoms with E-state index in [4.69, 9.17) is 4.74 Å². The van der Waals surface area contributed by atoms with Gasteiger partial charge in [-0.15, -0.1) is 0 Å². The summed E-state index contributed by atoms with van der Waals surface area (Å²) in [6.45, 7) is 3.19. The number of rotatable bonds is 11. The zero-order valence-electron chi connectivity index (χ0n) is 16.9. The maximum atomic E-state index is 12.3. The van der Waals surface area contributed by atoms with E-state index in [9.17, 15) is 13.2 Å². The van der Waals surface area contributed by atoms with Gasteiger partial charge in [-0.2, -0.15) is 0 Å². The lowest BCUT2D eigenvalue weighted by Crippen LogP contribution is -2.32. The number of carbonyl (C=O) groups excluding carboxylic acids is 1. The molecule has 0 heterocycles. The Morgan fingerprint density at radius 2 is 2.04 bits per heavy atom. The summed E-state index contributed by atoms with van der Waals surface area (Å²) in [5, 5.41) is 2.94. The topological polar surface area (TPSA) is 75.7 Å². The molecule has 2 rings (SSSR count). The molecule has 28 heavy (non-hydrogen) atoms. The molecule has 1 aliphatic rings. The zero-order valence-corrected chi connectivity index (χ0v) is 17.8. The van der Waals surface area contributed by atoms with Gasteiger partial charge in [-0.3, -0.25) is 9.10 Å². The molecule has 0 radical (unpaired) electrons. The predicted molar refractivity (Wildman–Crippen MR) is 113 cm³/mol. The van der Waals surface area contributed by atoms with Gasteiger partial charge in [0.25, 0.3) is 0 Å². The molecule has 0 aromatic heterocycles. The van der Waals surface area contributed by atoms with Crippen LogP contribution in [0.15, 0.2) is 35.9 Å². The quantitative estimate of drug-likeness (QED) is 0.567. The molecule has 1 aromatic carbocycles. The summed E-state index contributed by atoms with van der Waals surface area (Å²) in [6.07, 6.45) is 9.89. The largest absolute Gasteiger partial charge is 0.492 e. The van der Waals surface area contributed by atoms with Crippen LogP contribution in [0.3, 0.4) is 0 Å². The molecule has 0 spiro atoms. The van der Waals surface area contributed by atoms with Crippen LogP contribution < -0.4 is 14.4 Å². The van der Waals surface area contributed by atoms with Crippen LogP contribution in [0.4, 0.5) is 5.69 Å². The van der Waals surface area contributed by atoms with Crippen molar-refractivity contribution in [1.82, 2.24) is 5.32 Å². The Bertz CT molecular complexity index is 774. The van der Waals surface area contributed by atoms with Crippen molar-refractivity contribution < 1.29 is 17.9 Å². The number of sulfonamides is 1. The van der Waals surface area contributed by atoms with E-state index in [0.29, 0.717) is 37.4 Å². The van der Waals surface area contributed by atoms with Crippen LogP contribution >= 0.6 is 0 Å². The maximum absolute atomic E-state index is 12.3. The molecule has 0 bridgehead atoms. The minimum Gasteiger partial charge on any atom is -0.492 e. The number of amides is 1. The normalized spacial score (nSPS) is 14.3. The van der Waals surface area contributed by atoms with Gasteiger partial charge in [0, 0.05) is 19.5 Å². The van der Waals surface area contributed by atoms with Crippen molar-refractivity contribution in [1.29, 1.82) is 0 Å². The van der Waals surface area contributed by atoms with Crippen molar-refractivity contribution in [3.8, 4) is 5.75 Å². The van der Waals surface area contributed by atoms with Crippen LogP contribution in [0.1, 0.15) is 51.9 Å². The van der Waals surface area contributed by atoms with E-state index in [1.54, 1.807) is 18.2 Å². The Kier molecular flexibility index (Phi) is 8.83. The second kappa shape index (κ2) is 11.1. The third-order valence-electron chi connectivity index (χ3n) is 4.75. The highest BCUT2D eigenvalue weighted by atomic mass is 32.2. The number of nitrogens with one attached hydrogen (secondary N) is 1. The van der Waals surface area contributed by atoms with Crippen LogP contribution in [-0.2, 0) is 14.8 Å². The molecule has 1 amide bonds. The van der Waals surface area contributed by atoms with E-state index in [0.717, 1.165) is 19.3 Å². The number of allylic oxidation sites excluding steroid dienone is 1. The first-order valence-corrected chi connectivity index (χ1v) is 11.9. The van der Waals surface area contributed by atoms with Crippen molar-refractivity contribution in [2.24, 2.45) is 0 Å². The number of hydrogen-bond donors (Lipinski definition) is 1. The molecule has 0 saturated carbocycles. The van der Waals surface area contributed by atoms with E-state index < -0.39 is 10.0 Å². The van der Waals surface area contributed by atoms with E-state index in [1.807, 2.05) is 13.0 Å². The highest BCUT2D eigenvalue weighted by Crippen LogP contribution is 2.30. The Hall–Kier alpha value is -2.02. The molecule has 1 aliphatic carbocycles. The Balaban J connectivity index is 1.85. The lowest BCUT2D eigenvalue weighted by Gasteiger charge is -2.24. The summed E-state index contributed by atoms with van der Waals surface area (Å²) in [7, 11) is -3.47. The van der Waals surface area contributed by atoms with Crippen molar-refractivity contribution in [3.05, 3.63) is 35.9 Å². The van der Waals surface area contributed by atoms with Crippen molar-refractivity contribution in [2.75, 3.05) is 30.3 Å². The number of carbonyl (C=O) groups is 1. The van der Waals surface area contributed by atoms with Gasteiger partial charge in [-0.1, -0.05) is 23.8 Å². The molecule has 1 aromatic rings. The molecule has 156 valence electrons. The van der Waals surface area contributed by atoms with Gasteiger partial charge in [-0.25, -0.2) is 8.42 Å². The molecule has 0 aliphatic heterocycles. The molecule has 0 saturated heterocycles. The molecule has 6 nitrogen and oxygen atoms in total. The number of benzene rings is 1. The molecular formula is C21H32N2O4S. The molecular weight excluding hydrogens is 376 g/mol. The number of ether oxygens (including phenoxy) is 1. The second-order valence-corrected chi connectivity index (χ2v) is 8.95. The molecule has 0 fully saturated rings. The first-order chi connectivity index (χ1) is 13.4. The predicted octanol–water partition coefficient (Wildman–Crippen LogP) is 3.64. The van der Waals surface area contributed by atoms with Gasteiger partial charge in [0.2, 0.25) is 15.9 Å². The van der Waals surface area contributed by atoms with Crippen LogP contribution in [0.25, 0.3) is 0 Å². The SMILES string of the molecule is CCOc1ccccc1N(CCCC(=O)NCCC1=CCCCC1)S(C)(=O)=O. The van der Waals surface area contributed by atoms with Gasteiger partial charge in [0.15, 0.2) is 0 Å². The van der Waals surface area contributed by atoms with Gasteiger partial charge < -0.3 is 10.1 Å². The standard InChI is InChI=1S/C21H32N2O4S/c1-3-27-20-13-8-7-12-19(20)23(28(2,25)26)17-9-14-21(24)22-16-15-18-10-5-4-6-11-18/h7-8,10,12-13H,3-6,9,11,14-17H2,1-2H3,(H,22,24). The van der Waals surface area contributed by atoms with Gasteiger partial charge in [0.1, 0.15) is 5.75 Å². The minimum absolute atomic E-state index is 0.0389. The van der Waals surface area contributed by atoms with Gasteiger partial charge in [0.05, 0.1) is 18.6 Å². The summed E-state index contributed by atoms with van der Waals surface area (Å²) in [5.41, 5.74) is 1.94. The number of hydrogen-bond acceptors (Lipinski definition) is 4. The minimum atomic E-state index is -3.47. The maximum Gasteiger partial charge on any atom is 0.232 e. The van der Waals surface area contributed by atoms with Crippen molar-refractivity contribution in [3.63, 3.8) is 0 Å². The zero-order chi connectivity index (χ0) is 20.4. The molecule has 1 N–H and O–H groups in total. The average Bonchev–Trinajstić information content (AvgIpc) is 2.66. The van der Waals surface area contributed by atoms with Crippen LogP contribution in [0.5, 0.6) is 5.75 Å². The molecule has 7 heteroatoms. The highest BCUT2D eigenvalue weighted by Gasteiger charge is 2.21. The number of anilines is 1. The van der Waals surface area contributed by atoms with Crippen LogP contribution in [-0.4, -0.2) is 40.3 Å². The van der Waals surface area contributed by atoms with E-state index >= 15 is 0 Å². The first kappa shape index (κ1) is 22.3. The summed E-state index contributed by atoms with van der Waals surface area (Å²) in [4.78, 5) is 12.1. The smallest absolute Gasteiger partial charge is 0.232 e. The number of para-hydroxylation sites is 2. The fourth-order valence-corrected chi connectivity index (χ4v) is 4.34. The van der Waals surface area contributed by atoms with E-state index in [2.05, 4.69) is 11.4 Å². The number of nitrogens with zero attached hydrogens (tertiary/aromatic N) is 1. The summed E-state index contributed by atoms with van der Waals surface area (Å²) < 4.78 is 31.4. The fraction of sp³-hybridized carbons (Fsp3) is 0.571. The van der Waals surface area contributed by atoms with Crippen LogP contribution in [0.2, 0.25) is 0 Å². The third-order valence-corrected chi connectivity index (χ3v) is 5.93. The van der Waals surface area contributed by atoms with E-state index in [-0.39, 0.29) is 12.5 Å². The van der Waals surface area contributed by atoms with Crippen LogP contribution in [0, 0.1) is 0 Å². The Labute approximate surface area is 169 Å². The Morgan fingerprint density at radius 3 is 2.71 bits per heavy atom. The van der Waals surface area contributed by atoms with Gasteiger partial charge in [-0.05, 0) is 57.6 Å². The summed E-state index contributed by atoms with van der Waals surface area (Å²) in [5.74, 6) is 0.489. The van der Waals surface area contributed by atoms with Crippen molar-refractivity contribution in [2.45, 2.75) is 51.9 Å². The second-order valence-electron chi connectivity index (χ2n) is 7.05. The third kappa shape index (κ3) is 7.19. The lowest BCUT2D eigenvalue weighted by atomic mass is 9.97. The van der Waals surface area contributed by atoms with Gasteiger partial charge >= 0.3 is 0 Å². The van der Waals surface area contributed by atoms with Crippen molar-refractivity contribution >= 4 is 21.6 Å². The first-order valence-electron chi connectivity index (χ1n) is 10.1. The molecule has 0 unspecified atom stereocenters. The fourth-order valence-electron chi connectivity index (χ4n) is 3.37. The lowest BCUT2D eigenvalue weighted by molar-refractivity contribution is -0.121. The average molecular weight is 409 g/mol. The summed E-state index contributed by atoms with van der Waals surface area (Å²) >= 11 is 0. The molecule has 0 atom stereocenters. The highest BCUT2D eigenvalue weighted by molar-refractivity contribution is 7.92. The summed E-state index contributed by atoms with van der Waals surface area (Å²) in [6, 6.07) is 7.07. The Morgan fingerprint density at radius 1 is 1.25 bits per heavy atom. The van der Waals surface area contributed by atoms with E-state index in [1.165, 1.54) is 29.0 Å². The monoisotopic (exact) mass is 408 g/mol.